The lowest BCUT2D eigenvalue weighted by molar-refractivity contribution is -0.309. The Kier molecular flexibility index (Phi) is 3.35. The van der Waals surface area contributed by atoms with Crippen molar-refractivity contribution in [3.8, 4) is 11.5 Å². The Labute approximate surface area is 114 Å². The second kappa shape index (κ2) is 4.84. The van der Waals surface area contributed by atoms with Gasteiger partial charge in [0.15, 0.2) is 11.5 Å². The molecule has 1 unspecified atom stereocenters. The number of benzene rings is 1. The lowest BCUT2D eigenvalue weighted by Gasteiger charge is -2.22. The van der Waals surface area contributed by atoms with Gasteiger partial charge in [0, 0.05) is 0 Å². The standard InChI is InChI=1S/C13H13NO6/c1-6(13(17)18)14-11(15)7-4-5-8(19-2)10(20-3)9(7)12(14)16/h4-6H,1-3H3,(H,17,18)/p-1. The van der Waals surface area contributed by atoms with Crippen LogP contribution in [0.2, 0.25) is 0 Å². The molecule has 0 spiro atoms. The molecule has 2 rings (SSSR count). The summed E-state index contributed by atoms with van der Waals surface area (Å²) in [6.45, 7) is 1.21. The van der Waals surface area contributed by atoms with E-state index in [1.807, 2.05) is 0 Å². The van der Waals surface area contributed by atoms with Gasteiger partial charge >= 0.3 is 0 Å². The highest BCUT2D eigenvalue weighted by Gasteiger charge is 2.42. The second-order valence-electron chi connectivity index (χ2n) is 4.20. The third-order valence-corrected chi connectivity index (χ3v) is 3.16. The van der Waals surface area contributed by atoms with Gasteiger partial charge in [-0.3, -0.25) is 14.5 Å². The van der Waals surface area contributed by atoms with Gasteiger partial charge in [0.05, 0.1) is 37.4 Å². The van der Waals surface area contributed by atoms with Crippen LogP contribution in [0.5, 0.6) is 11.5 Å². The zero-order valence-corrected chi connectivity index (χ0v) is 11.1. The fourth-order valence-electron chi connectivity index (χ4n) is 2.12. The maximum atomic E-state index is 12.3. The van der Waals surface area contributed by atoms with Crippen LogP contribution in [0, 0.1) is 0 Å². The van der Waals surface area contributed by atoms with Crippen molar-refractivity contribution in [2.75, 3.05) is 14.2 Å². The summed E-state index contributed by atoms with van der Waals surface area (Å²) in [7, 11) is 2.73. The molecule has 0 bridgehead atoms. The quantitative estimate of drug-likeness (QED) is 0.685. The topological polar surface area (TPSA) is 96.0 Å². The second-order valence-corrected chi connectivity index (χ2v) is 4.20. The van der Waals surface area contributed by atoms with Gasteiger partial charge in [-0.25, -0.2) is 0 Å². The third kappa shape index (κ3) is 1.78. The molecule has 0 aromatic heterocycles. The molecule has 1 heterocycles. The smallest absolute Gasteiger partial charge is 0.266 e. The molecule has 0 saturated heterocycles. The van der Waals surface area contributed by atoms with E-state index in [0.717, 1.165) is 0 Å². The molecule has 0 radical (unpaired) electrons. The molecule has 1 aromatic rings. The van der Waals surface area contributed by atoms with Crippen molar-refractivity contribution in [1.29, 1.82) is 0 Å². The predicted octanol–water partition coefficient (Wildman–Crippen LogP) is -0.562. The van der Waals surface area contributed by atoms with E-state index in [0.29, 0.717) is 4.90 Å². The monoisotopic (exact) mass is 278 g/mol. The number of carbonyl (C=O) groups is 3. The first-order valence-electron chi connectivity index (χ1n) is 5.77. The van der Waals surface area contributed by atoms with E-state index in [-0.39, 0.29) is 22.6 Å². The number of methoxy groups -OCH3 is 2. The summed E-state index contributed by atoms with van der Waals surface area (Å²) >= 11 is 0. The number of carbonyl (C=O) groups excluding carboxylic acids is 3. The fourth-order valence-corrected chi connectivity index (χ4v) is 2.12. The van der Waals surface area contributed by atoms with Crippen molar-refractivity contribution >= 4 is 17.8 Å². The van der Waals surface area contributed by atoms with Gasteiger partial charge in [-0.05, 0) is 19.1 Å². The lowest BCUT2D eigenvalue weighted by Crippen LogP contribution is -2.48. The van der Waals surface area contributed by atoms with Crippen LogP contribution in [0.3, 0.4) is 0 Å². The maximum absolute atomic E-state index is 12.3. The molecule has 7 heteroatoms. The minimum absolute atomic E-state index is 0.00458. The Morgan fingerprint density at radius 3 is 2.35 bits per heavy atom. The highest BCUT2D eigenvalue weighted by Crippen LogP contribution is 2.38. The summed E-state index contributed by atoms with van der Waals surface area (Å²) in [6.07, 6.45) is 0. The van der Waals surface area contributed by atoms with Crippen LogP contribution >= 0.6 is 0 Å². The Morgan fingerprint density at radius 1 is 1.20 bits per heavy atom. The van der Waals surface area contributed by atoms with Crippen molar-refractivity contribution in [1.82, 2.24) is 4.90 Å². The van der Waals surface area contributed by atoms with E-state index >= 15 is 0 Å². The van der Waals surface area contributed by atoms with Gasteiger partial charge in [0.1, 0.15) is 0 Å². The van der Waals surface area contributed by atoms with Crippen LogP contribution in [-0.4, -0.2) is 42.9 Å². The van der Waals surface area contributed by atoms with Gasteiger partial charge < -0.3 is 19.4 Å². The average Bonchev–Trinajstić information content (AvgIpc) is 2.68. The molecule has 0 fully saturated rings. The van der Waals surface area contributed by atoms with Crippen molar-refractivity contribution in [3.05, 3.63) is 23.3 Å². The summed E-state index contributed by atoms with van der Waals surface area (Å²) in [4.78, 5) is 36.0. The van der Waals surface area contributed by atoms with Crippen molar-refractivity contribution in [2.24, 2.45) is 0 Å². The van der Waals surface area contributed by atoms with Crippen LogP contribution in [0.15, 0.2) is 12.1 Å². The number of imide groups is 1. The van der Waals surface area contributed by atoms with Gasteiger partial charge in [-0.2, -0.15) is 0 Å². The summed E-state index contributed by atoms with van der Waals surface area (Å²) in [5.74, 6) is -2.54. The van der Waals surface area contributed by atoms with Crippen LogP contribution in [0.1, 0.15) is 27.6 Å². The summed E-state index contributed by atoms with van der Waals surface area (Å²) in [5, 5.41) is 10.9. The number of carboxylic acid groups (broad SMARTS) is 1. The molecular formula is C13H12NO6-. The molecule has 0 aliphatic carbocycles. The molecule has 106 valence electrons. The first kappa shape index (κ1) is 13.9. The predicted molar refractivity (Wildman–Crippen MR) is 64.5 cm³/mol. The highest BCUT2D eigenvalue weighted by molar-refractivity contribution is 6.24. The van der Waals surface area contributed by atoms with E-state index in [4.69, 9.17) is 9.47 Å². The van der Waals surface area contributed by atoms with E-state index in [2.05, 4.69) is 0 Å². The number of fused-ring (bicyclic) bond motifs is 1. The van der Waals surface area contributed by atoms with Crippen LogP contribution < -0.4 is 14.6 Å². The van der Waals surface area contributed by atoms with Crippen molar-refractivity contribution in [3.63, 3.8) is 0 Å². The molecule has 7 nitrogen and oxygen atoms in total. The SMILES string of the molecule is COc1ccc2c(c1OC)C(=O)N(C(C)C(=O)[O-])C2=O. The first-order valence-corrected chi connectivity index (χ1v) is 5.77. The van der Waals surface area contributed by atoms with Gasteiger partial charge in [0.2, 0.25) is 0 Å². The minimum atomic E-state index is -1.51. The van der Waals surface area contributed by atoms with Gasteiger partial charge in [-0.15, -0.1) is 0 Å². The molecule has 1 aliphatic heterocycles. The Morgan fingerprint density at radius 2 is 1.85 bits per heavy atom. The lowest BCUT2D eigenvalue weighted by atomic mass is 10.1. The number of ether oxygens (including phenoxy) is 2. The molecule has 2 amide bonds. The molecular weight excluding hydrogens is 266 g/mol. The maximum Gasteiger partial charge on any atom is 0.266 e. The number of hydrogen-bond acceptors (Lipinski definition) is 6. The van der Waals surface area contributed by atoms with E-state index < -0.39 is 23.8 Å². The zero-order chi connectivity index (χ0) is 15.0. The average molecular weight is 278 g/mol. The van der Waals surface area contributed by atoms with E-state index in [1.54, 1.807) is 0 Å². The first-order chi connectivity index (χ1) is 9.43. The summed E-state index contributed by atoms with van der Waals surface area (Å²) < 4.78 is 10.2. The number of rotatable bonds is 4. The molecule has 1 aliphatic rings. The number of carboxylic acids is 1. The Balaban J connectivity index is 2.60. The normalized spacial score (nSPS) is 15.1. The highest BCUT2D eigenvalue weighted by atomic mass is 16.5. The largest absolute Gasteiger partial charge is 0.548 e. The number of nitrogens with zero attached hydrogens (tertiary/aromatic N) is 1. The van der Waals surface area contributed by atoms with Crippen molar-refractivity contribution in [2.45, 2.75) is 13.0 Å². The fraction of sp³-hybridized carbons (Fsp3) is 0.308. The number of amides is 2. The van der Waals surface area contributed by atoms with E-state index in [1.165, 1.54) is 33.3 Å². The summed E-state index contributed by atoms with van der Waals surface area (Å²) in [5.41, 5.74) is 0.0886. The van der Waals surface area contributed by atoms with Gasteiger partial charge in [-0.1, -0.05) is 0 Å². The molecule has 1 atom stereocenters. The van der Waals surface area contributed by atoms with Gasteiger partial charge in [0.25, 0.3) is 11.8 Å². The molecule has 1 aromatic carbocycles. The van der Waals surface area contributed by atoms with Crippen LogP contribution in [0.25, 0.3) is 0 Å². The number of aliphatic carboxylic acids is 1. The van der Waals surface area contributed by atoms with Crippen LogP contribution in [-0.2, 0) is 4.79 Å². The van der Waals surface area contributed by atoms with E-state index in [9.17, 15) is 19.5 Å². The van der Waals surface area contributed by atoms with Crippen molar-refractivity contribution < 1.29 is 29.0 Å². The number of hydrogen-bond donors (Lipinski definition) is 0. The Hall–Kier alpha value is -2.57. The molecule has 0 saturated carbocycles. The molecule has 20 heavy (non-hydrogen) atoms. The van der Waals surface area contributed by atoms with Crippen LogP contribution in [0.4, 0.5) is 0 Å². The zero-order valence-electron chi connectivity index (χ0n) is 11.1. The minimum Gasteiger partial charge on any atom is -0.548 e. The molecule has 0 N–H and O–H groups in total. The third-order valence-electron chi connectivity index (χ3n) is 3.16. The Bertz CT molecular complexity index is 609. The summed E-state index contributed by atoms with van der Waals surface area (Å²) in [6, 6.07) is 1.52.